The summed E-state index contributed by atoms with van der Waals surface area (Å²) in [5.74, 6) is 0.0238. The molecule has 0 aliphatic heterocycles. The van der Waals surface area contributed by atoms with Crippen LogP contribution in [0.2, 0.25) is 0 Å². The molecule has 2 aromatic rings. The highest BCUT2D eigenvalue weighted by molar-refractivity contribution is 7.12. The van der Waals surface area contributed by atoms with E-state index in [1.807, 2.05) is 35.7 Å². The van der Waals surface area contributed by atoms with E-state index in [1.165, 1.54) is 11.3 Å². The molecule has 0 N–H and O–H groups in total. The Morgan fingerprint density at radius 2 is 2.20 bits per heavy atom. The summed E-state index contributed by atoms with van der Waals surface area (Å²) >= 11 is 1.44. The zero-order valence-corrected chi connectivity index (χ0v) is 8.78. The van der Waals surface area contributed by atoms with Crippen molar-refractivity contribution in [2.24, 2.45) is 0 Å². The molecule has 2 heterocycles. The summed E-state index contributed by atoms with van der Waals surface area (Å²) in [4.78, 5) is 16.4. The lowest BCUT2D eigenvalue weighted by atomic mass is 10.2. The van der Waals surface area contributed by atoms with E-state index >= 15 is 0 Å². The number of carbonyl (C=O) groups is 1. The Morgan fingerprint density at radius 3 is 2.87 bits per heavy atom. The van der Waals surface area contributed by atoms with Gasteiger partial charge in [-0.25, -0.2) is 0 Å². The number of carbonyl (C=O) groups excluding carboxylic acids is 1. The lowest BCUT2D eigenvalue weighted by Gasteiger charge is -1.90. The van der Waals surface area contributed by atoms with Crippen LogP contribution in [0.5, 0.6) is 0 Å². The fourth-order valence-electron chi connectivity index (χ4n) is 1.14. The van der Waals surface area contributed by atoms with Crippen LogP contribution in [-0.2, 0) is 0 Å². The number of ketones is 1. The van der Waals surface area contributed by atoms with Crippen molar-refractivity contribution in [1.29, 1.82) is 0 Å². The summed E-state index contributed by atoms with van der Waals surface area (Å²) in [7, 11) is 0. The van der Waals surface area contributed by atoms with Crippen LogP contribution in [0.4, 0.5) is 0 Å². The third kappa shape index (κ3) is 2.60. The van der Waals surface area contributed by atoms with Crippen LogP contribution in [0.25, 0.3) is 6.08 Å². The van der Waals surface area contributed by atoms with Gasteiger partial charge in [0.25, 0.3) is 0 Å². The molecule has 15 heavy (non-hydrogen) atoms. The van der Waals surface area contributed by atoms with Gasteiger partial charge in [0, 0.05) is 6.20 Å². The zero-order chi connectivity index (χ0) is 10.5. The first-order valence-corrected chi connectivity index (χ1v) is 5.41. The molecule has 2 nitrogen and oxygen atoms in total. The lowest BCUT2D eigenvalue weighted by molar-refractivity contribution is 0.105. The highest BCUT2D eigenvalue weighted by Gasteiger charge is 2.00. The average molecular weight is 215 g/mol. The normalized spacial score (nSPS) is 10.7. The Bertz CT molecular complexity index is 460. The molecule has 3 heteroatoms. The smallest absolute Gasteiger partial charge is 0.195 e. The van der Waals surface area contributed by atoms with Crippen molar-refractivity contribution in [3.63, 3.8) is 0 Å². The number of thiophene rings is 1. The molecule has 0 aromatic carbocycles. The van der Waals surface area contributed by atoms with Crippen LogP contribution in [0.3, 0.4) is 0 Å². The molecule has 0 saturated heterocycles. The van der Waals surface area contributed by atoms with Gasteiger partial charge < -0.3 is 0 Å². The number of allylic oxidation sites excluding steroid dienone is 1. The molecule has 0 aliphatic rings. The van der Waals surface area contributed by atoms with E-state index in [1.54, 1.807) is 18.3 Å². The summed E-state index contributed by atoms with van der Waals surface area (Å²) in [5, 5.41) is 1.89. The van der Waals surface area contributed by atoms with E-state index in [9.17, 15) is 4.79 Å². The Hall–Kier alpha value is -1.74. The van der Waals surface area contributed by atoms with Gasteiger partial charge in [0.2, 0.25) is 0 Å². The van der Waals surface area contributed by atoms with Gasteiger partial charge in [-0.3, -0.25) is 9.78 Å². The van der Waals surface area contributed by atoms with E-state index in [-0.39, 0.29) is 5.78 Å². The maximum atomic E-state index is 11.6. The molecule has 0 unspecified atom stereocenters. The molecular weight excluding hydrogens is 206 g/mol. The summed E-state index contributed by atoms with van der Waals surface area (Å²) < 4.78 is 0. The van der Waals surface area contributed by atoms with Crippen molar-refractivity contribution in [3.05, 3.63) is 58.6 Å². The second-order valence-corrected chi connectivity index (χ2v) is 3.88. The molecular formula is C12H9NOS. The average Bonchev–Trinajstić information content (AvgIpc) is 2.81. The van der Waals surface area contributed by atoms with Crippen molar-refractivity contribution in [2.45, 2.75) is 0 Å². The monoisotopic (exact) mass is 215 g/mol. The fraction of sp³-hybridized carbons (Fsp3) is 0. The van der Waals surface area contributed by atoms with E-state index < -0.39 is 0 Å². The molecule has 0 atom stereocenters. The Kier molecular flexibility index (Phi) is 3.05. The Morgan fingerprint density at radius 1 is 1.27 bits per heavy atom. The predicted molar refractivity (Wildman–Crippen MR) is 61.9 cm³/mol. The van der Waals surface area contributed by atoms with E-state index in [0.717, 1.165) is 10.6 Å². The first-order chi connectivity index (χ1) is 7.36. The van der Waals surface area contributed by atoms with Crippen molar-refractivity contribution < 1.29 is 4.79 Å². The molecule has 0 fully saturated rings. The largest absolute Gasteiger partial charge is 0.288 e. The van der Waals surface area contributed by atoms with Crippen LogP contribution in [-0.4, -0.2) is 10.8 Å². The quantitative estimate of drug-likeness (QED) is 0.582. The van der Waals surface area contributed by atoms with Crippen LogP contribution in [0, 0.1) is 0 Å². The Balaban J connectivity index is 2.10. The number of aromatic nitrogens is 1. The van der Waals surface area contributed by atoms with Gasteiger partial charge in [-0.2, -0.15) is 0 Å². The molecule has 0 amide bonds. The van der Waals surface area contributed by atoms with Gasteiger partial charge in [-0.05, 0) is 35.7 Å². The summed E-state index contributed by atoms with van der Waals surface area (Å²) in [6, 6.07) is 9.28. The molecule has 0 bridgehead atoms. The van der Waals surface area contributed by atoms with Gasteiger partial charge in [-0.1, -0.05) is 12.1 Å². The first-order valence-electron chi connectivity index (χ1n) is 4.53. The molecule has 74 valence electrons. The highest BCUT2D eigenvalue weighted by Crippen LogP contribution is 2.10. The molecule has 0 spiro atoms. The van der Waals surface area contributed by atoms with Gasteiger partial charge in [0.1, 0.15) is 0 Å². The molecule has 0 saturated carbocycles. The standard InChI is InChI=1S/C12H9NOS/c14-11(12-5-3-9-15-12)7-6-10-4-1-2-8-13-10/h1-9H. The van der Waals surface area contributed by atoms with Crippen LogP contribution in [0.15, 0.2) is 48.0 Å². The first kappa shape index (κ1) is 9.80. The predicted octanol–water partition coefficient (Wildman–Crippen LogP) is 3.04. The third-order valence-corrected chi connectivity index (χ3v) is 2.74. The highest BCUT2D eigenvalue weighted by atomic mass is 32.1. The van der Waals surface area contributed by atoms with Crippen molar-refractivity contribution in [1.82, 2.24) is 4.98 Å². The minimum Gasteiger partial charge on any atom is -0.288 e. The van der Waals surface area contributed by atoms with Crippen LogP contribution in [0.1, 0.15) is 15.4 Å². The van der Waals surface area contributed by atoms with Gasteiger partial charge in [0.05, 0.1) is 10.6 Å². The summed E-state index contributed by atoms with van der Waals surface area (Å²) in [6.07, 6.45) is 4.98. The Labute approximate surface area is 91.9 Å². The molecule has 2 aromatic heterocycles. The van der Waals surface area contributed by atoms with Crippen molar-refractivity contribution in [2.75, 3.05) is 0 Å². The van der Waals surface area contributed by atoms with Gasteiger partial charge >= 0.3 is 0 Å². The van der Waals surface area contributed by atoms with Crippen molar-refractivity contribution >= 4 is 23.2 Å². The number of hydrogen-bond donors (Lipinski definition) is 0. The lowest BCUT2D eigenvalue weighted by Crippen LogP contribution is -1.89. The molecule has 2 rings (SSSR count). The van der Waals surface area contributed by atoms with E-state index in [0.29, 0.717) is 0 Å². The second kappa shape index (κ2) is 4.66. The van der Waals surface area contributed by atoms with Crippen molar-refractivity contribution in [3.8, 4) is 0 Å². The summed E-state index contributed by atoms with van der Waals surface area (Å²) in [6.45, 7) is 0. The minimum absolute atomic E-state index is 0.0238. The van der Waals surface area contributed by atoms with Crippen LogP contribution < -0.4 is 0 Å². The second-order valence-electron chi connectivity index (χ2n) is 2.93. The SMILES string of the molecule is O=C(C=Cc1ccccn1)c1cccs1. The maximum absolute atomic E-state index is 11.6. The third-order valence-electron chi connectivity index (χ3n) is 1.86. The van der Waals surface area contributed by atoms with E-state index in [4.69, 9.17) is 0 Å². The number of nitrogens with zero attached hydrogens (tertiary/aromatic N) is 1. The van der Waals surface area contributed by atoms with E-state index in [2.05, 4.69) is 4.98 Å². The summed E-state index contributed by atoms with van der Waals surface area (Å²) in [5.41, 5.74) is 0.794. The fourth-order valence-corrected chi connectivity index (χ4v) is 1.78. The zero-order valence-electron chi connectivity index (χ0n) is 7.96. The topological polar surface area (TPSA) is 30.0 Å². The molecule has 0 aliphatic carbocycles. The van der Waals surface area contributed by atoms with Crippen LogP contribution >= 0.6 is 11.3 Å². The minimum atomic E-state index is 0.0238. The number of rotatable bonds is 3. The number of hydrogen-bond acceptors (Lipinski definition) is 3. The molecule has 0 radical (unpaired) electrons. The number of pyridine rings is 1. The van der Waals surface area contributed by atoms with Gasteiger partial charge in [-0.15, -0.1) is 11.3 Å². The maximum Gasteiger partial charge on any atom is 0.195 e. The van der Waals surface area contributed by atoms with Gasteiger partial charge in [0.15, 0.2) is 5.78 Å².